The van der Waals surface area contributed by atoms with Gasteiger partial charge in [0, 0.05) is 18.8 Å². The van der Waals surface area contributed by atoms with E-state index in [-0.39, 0.29) is 5.84 Å². The van der Waals surface area contributed by atoms with E-state index >= 15 is 0 Å². The number of hydrogen-bond donors (Lipinski definition) is 2. The number of rotatable bonds is 4. The lowest BCUT2D eigenvalue weighted by Crippen LogP contribution is -2.27. The predicted molar refractivity (Wildman–Crippen MR) is 68.3 cm³/mol. The van der Waals surface area contributed by atoms with Crippen LogP contribution in [-0.4, -0.2) is 23.9 Å². The van der Waals surface area contributed by atoms with Gasteiger partial charge in [0.1, 0.15) is 5.84 Å². The zero-order valence-corrected chi connectivity index (χ0v) is 10.5. The monoisotopic (exact) mass is 220 g/mol. The van der Waals surface area contributed by atoms with Gasteiger partial charge < -0.3 is 10.6 Å². The summed E-state index contributed by atoms with van der Waals surface area (Å²) in [4.78, 5) is 6.55. The minimum Gasteiger partial charge on any atom is -0.384 e. The normalized spacial score (nSPS) is 10.2. The van der Waals surface area contributed by atoms with Gasteiger partial charge in [-0.3, -0.25) is 10.4 Å². The molecule has 16 heavy (non-hydrogen) atoms. The van der Waals surface area contributed by atoms with Gasteiger partial charge in [0.2, 0.25) is 0 Å². The van der Waals surface area contributed by atoms with Crippen LogP contribution in [0.15, 0.2) is 6.07 Å². The molecule has 0 spiro atoms. The molecule has 0 saturated heterocycles. The van der Waals surface area contributed by atoms with Crippen molar-refractivity contribution >= 4 is 11.5 Å². The Morgan fingerprint density at radius 3 is 2.38 bits per heavy atom. The molecule has 4 nitrogen and oxygen atoms in total. The summed E-state index contributed by atoms with van der Waals surface area (Å²) in [6.45, 7) is 9.86. The van der Waals surface area contributed by atoms with Crippen molar-refractivity contribution < 1.29 is 0 Å². The summed E-state index contributed by atoms with van der Waals surface area (Å²) in [5.74, 6) is 0.0897. The maximum absolute atomic E-state index is 7.64. The number of nitrogens with two attached hydrogens (primary N) is 1. The van der Waals surface area contributed by atoms with Crippen molar-refractivity contribution in [2.24, 2.45) is 5.73 Å². The van der Waals surface area contributed by atoms with Crippen LogP contribution in [0.1, 0.15) is 30.8 Å². The third-order valence-corrected chi connectivity index (χ3v) is 2.68. The quantitative estimate of drug-likeness (QED) is 0.601. The summed E-state index contributed by atoms with van der Waals surface area (Å²) in [6.07, 6.45) is 0. The molecule has 88 valence electrons. The molecule has 0 radical (unpaired) electrons. The number of amidine groups is 1. The van der Waals surface area contributed by atoms with E-state index < -0.39 is 0 Å². The molecule has 0 bridgehead atoms. The second kappa shape index (κ2) is 4.96. The molecule has 0 fully saturated rings. The van der Waals surface area contributed by atoms with E-state index in [1.807, 2.05) is 19.9 Å². The highest BCUT2D eigenvalue weighted by atomic mass is 15.1. The van der Waals surface area contributed by atoms with Crippen molar-refractivity contribution in [1.29, 1.82) is 5.41 Å². The molecule has 0 amide bonds. The molecule has 0 aromatic carbocycles. The Balaban J connectivity index is 3.39. The number of aromatic nitrogens is 1. The Hall–Kier alpha value is -1.58. The van der Waals surface area contributed by atoms with Crippen LogP contribution in [0, 0.1) is 19.3 Å². The first kappa shape index (κ1) is 12.5. The Bertz CT molecular complexity index is 394. The molecule has 0 aliphatic heterocycles. The summed E-state index contributed by atoms with van der Waals surface area (Å²) >= 11 is 0. The summed E-state index contributed by atoms with van der Waals surface area (Å²) in [5, 5.41) is 7.64. The highest BCUT2D eigenvalue weighted by Crippen LogP contribution is 2.23. The first-order chi connectivity index (χ1) is 7.51. The summed E-state index contributed by atoms with van der Waals surface area (Å²) in [6, 6.07) is 2.00. The summed E-state index contributed by atoms with van der Waals surface area (Å²) in [5.41, 5.74) is 9.19. The molecule has 3 N–H and O–H groups in total. The molecular weight excluding hydrogens is 200 g/mol. The average Bonchev–Trinajstić information content (AvgIpc) is 2.17. The standard InChI is InChI=1S/C12H20N4/c1-5-16(6-2)10-7-8(3)15-9(4)11(10)12(13)14/h7H,5-6H2,1-4H3,(H3,13,14). The summed E-state index contributed by atoms with van der Waals surface area (Å²) in [7, 11) is 0. The van der Waals surface area contributed by atoms with E-state index in [9.17, 15) is 0 Å². The third-order valence-electron chi connectivity index (χ3n) is 2.68. The first-order valence-electron chi connectivity index (χ1n) is 5.58. The minimum atomic E-state index is 0.0897. The number of nitrogens with zero attached hydrogens (tertiary/aromatic N) is 2. The van der Waals surface area contributed by atoms with Crippen molar-refractivity contribution in [1.82, 2.24) is 4.98 Å². The molecule has 4 heteroatoms. The van der Waals surface area contributed by atoms with E-state index in [0.29, 0.717) is 0 Å². The maximum Gasteiger partial charge on any atom is 0.126 e. The van der Waals surface area contributed by atoms with Gasteiger partial charge in [-0.05, 0) is 33.8 Å². The highest BCUT2D eigenvalue weighted by Gasteiger charge is 2.14. The third kappa shape index (κ3) is 2.32. The van der Waals surface area contributed by atoms with Gasteiger partial charge in [0.05, 0.1) is 16.9 Å². The van der Waals surface area contributed by atoms with Crippen molar-refractivity contribution in [2.45, 2.75) is 27.7 Å². The SMILES string of the molecule is CCN(CC)c1cc(C)nc(C)c1C(=N)N. The van der Waals surface area contributed by atoms with Crippen LogP contribution in [0.2, 0.25) is 0 Å². The molecule has 0 aliphatic carbocycles. The fourth-order valence-corrected chi connectivity index (χ4v) is 1.95. The van der Waals surface area contributed by atoms with E-state index in [1.165, 1.54) is 0 Å². The number of pyridine rings is 1. The Kier molecular flexibility index (Phi) is 3.88. The lowest BCUT2D eigenvalue weighted by Gasteiger charge is -2.25. The van der Waals surface area contributed by atoms with E-state index in [1.54, 1.807) is 0 Å². The Morgan fingerprint density at radius 1 is 1.38 bits per heavy atom. The van der Waals surface area contributed by atoms with Crippen LogP contribution in [0.4, 0.5) is 5.69 Å². The van der Waals surface area contributed by atoms with Crippen LogP contribution < -0.4 is 10.6 Å². The second-order valence-electron chi connectivity index (χ2n) is 3.83. The molecule has 1 aromatic heterocycles. The zero-order valence-electron chi connectivity index (χ0n) is 10.5. The molecule has 1 aromatic rings. The largest absolute Gasteiger partial charge is 0.384 e. The number of anilines is 1. The van der Waals surface area contributed by atoms with Gasteiger partial charge in [-0.25, -0.2) is 0 Å². The lowest BCUT2D eigenvalue weighted by atomic mass is 10.1. The molecule has 1 heterocycles. The van der Waals surface area contributed by atoms with E-state index in [2.05, 4.69) is 23.7 Å². The van der Waals surface area contributed by atoms with Crippen molar-refractivity contribution in [3.05, 3.63) is 23.0 Å². The molecule has 1 rings (SSSR count). The number of hydrogen-bond acceptors (Lipinski definition) is 3. The highest BCUT2D eigenvalue weighted by molar-refractivity contribution is 6.01. The number of aryl methyl sites for hydroxylation is 2. The number of nitrogens with one attached hydrogen (secondary N) is 1. The van der Waals surface area contributed by atoms with Gasteiger partial charge in [0.15, 0.2) is 0 Å². The van der Waals surface area contributed by atoms with Crippen LogP contribution in [0.3, 0.4) is 0 Å². The van der Waals surface area contributed by atoms with Crippen LogP contribution in [0.25, 0.3) is 0 Å². The van der Waals surface area contributed by atoms with Crippen molar-refractivity contribution in [3.63, 3.8) is 0 Å². The second-order valence-corrected chi connectivity index (χ2v) is 3.83. The van der Waals surface area contributed by atoms with E-state index in [0.717, 1.165) is 35.7 Å². The molecule has 0 aliphatic rings. The minimum absolute atomic E-state index is 0.0897. The van der Waals surface area contributed by atoms with Gasteiger partial charge in [-0.15, -0.1) is 0 Å². The molecule has 0 saturated carbocycles. The van der Waals surface area contributed by atoms with Gasteiger partial charge in [0.25, 0.3) is 0 Å². The zero-order chi connectivity index (χ0) is 12.3. The Labute approximate surface area is 97.0 Å². The van der Waals surface area contributed by atoms with Crippen molar-refractivity contribution in [3.8, 4) is 0 Å². The summed E-state index contributed by atoms with van der Waals surface area (Å²) < 4.78 is 0. The Morgan fingerprint density at radius 2 is 1.94 bits per heavy atom. The first-order valence-corrected chi connectivity index (χ1v) is 5.58. The molecule has 0 atom stereocenters. The van der Waals surface area contributed by atoms with Gasteiger partial charge in [-0.1, -0.05) is 0 Å². The van der Waals surface area contributed by atoms with Crippen LogP contribution in [0.5, 0.6) is 0 Å². The van der Waals surface area contributed by atoms with E-state index in [4.69, 9.17) is 11.1 Å². The van der Waals surface area contributed by atoms with Crippen LogP contribution >= 0.6 is 0 Å². The van der Waals surface area contributed by atoms with Gasteiger partial charge in [-0.2, -0.15) is 0 Å². The lowest BCUT2D eigenvalue weighted by molar-refractivity contribution is 0.859. The topological polar surface area (TPSA) is 66.0 Å². The van der Waals surface area contributed by atoms with Gasteiger partial charge >= 0.3 is 0 Å². The van der Waals surface area contributed by atoms with Crippen LogP contribution in [-0.2, 0) is 0 Å². The predicted octanol–water partition coefficient (Wildman–Crippen LogP) is 1.83. The maximum atomic E-state index is 7.64. The average molecular weight is 220 g/mol. The molecule has 0 unspecified atom stereocenters. The van der Waals surface area contributed by atoms with Crippen molar-refractivity contribution in [2.75, 3.05) is 18.0 Å². The fraction of sp³-hybridized carbons (Fsp3) is 0.500. The fourth-order valence-electron chi connectivity index (χ4n) is 1.95. The smallest absolute Gasteiger partial charge is 0.126 e. The number of nitrogen functional groups attached to an aromatic ring is 1. The molecular formula is C12H20N4.